The molecule has 1 aromatic rings. The van der Waals surface area contributed by atoms with E-state index >= 15 is 0 Å². The monoisotopic (exact) mass is 236 g/mol. The van der Waals surface area contributed by atoms with Gasteiger partial charge >= 0.3 is 0 Å². The highest BCUT2D eigenvalue weighted by atomic mass is 16.5. The third kappa shape index (κ3) is 2.81. The molecule has 2 atom stereocenters. The van der Waals surface area contributed by atoms with Crippen molar-refractivity contribution in [1.29, 1.82) is 0 Å². The van der Waals surface area contributed by atoms with Crippen molar-refractivity contribution in [3.63, 3.8) is 0 Å². The lowest BCUT2D eigenvalue weighted by atomic mass is 9.86. The molecule has 0 aliphatic rings. The predicted octanol–water partition coefficient (Wildman–Crippen LogP) is 3.64. The summed E-state index contributed by atoms with van der Waals surface area (Å²) >= 11 is 0. The van der Waals surface area contributed by atoms with Crippen LogP contribution < -0.4 is 4.74 Å². The molecule has 1 aromatic carbocycles. The molecule has 0 bridgehead atoms. The Morgan fingerprint density at radius 2 is 1.71 bits per heavy atom. The summed E-state index contributed by atoms with van der Waals surface area (Å²) in [7, 11) is 1.66. The molecule has 0 aliphatic heterocycles. The second-order valence-corrected chi connectivity index (χ2v) is 5.18. The van der Waals surface area contributed by atoms with E-state index in [0.717, 1.165) is 16.9 Å². The third-order valence-corrected chi connectivity index (χ3v) is 3.78. The highest BCUT2D eigenvalue weighted by molar-refractivity contribution is 5.46. The van der Waals surface area contributed by atoms with Crippen LogP contribution in [0.15, 0.2) is 12.1 Å². The average Bonchev–Trinajstić information content (AvgIpc) is 2.30. The highest BCUT2D eigenvalue weighted by Gasteiger charge is 2.23. The van der Waals surface area contributed by atoms with Gasteiger partial charge in [-0.1, -0.05) is 32.9 Å². The second kappa shape index (κ2) is 5.54. The third-order valence-electron chi connectivity index (χ3n) is 3.78. The second-order valence-electron chi connectivity index (χ2n) is 5.18. The number of aryl methyl sites for hydroxylation is 1. The molecule has 0 fully saturated rings. The van der Waals surface area contributed by atoms with E-state index in [1.807, 2.05) is 19.1 Å². The maximum Gasteiger partial charge on any atom is 0.127 e. The summed E-state index contributed by atoms with van der Waals surface area (Å²) in [6, 6.07) is 4.02. The highest BCUT2D eigenvalue weighted by Crippen LogP contribution is 2.36. The average molecular weight is 236 g/mol. The van der Waals surface area contributed by atoms with Crippen LogP contribution in [0.2, 0.25) is 0 Å². The molecule has 1 N–H and O–H groups in total. The lowest BCUT2D eigenvalue weighted by molar-refractivity contribution is 0.0894. The Hall–Kier alpha value is -1.02. The first-order valence-corrected chi connectivity index (χ1v) is 6.22. The number of ether oxygens (including phenoxy) is 1. The summed E-state index contributed by atoms with van der Waals surface area (Å²) in [6.07, 6.45) is -0.468. The minimum Gasteiger partial charge on any atom is -0.496 e. The van der Waals surface area contributed by atoms with Crippen LogP contribution in [-0.2, 0) is 0 Å². The number of rotatable bonds is 4. The summed E-state index contributed by atoms with van der Waals surface area (Å²) in [4.78, 5) is 0. The zero-order valence-electron chi connectivity index (χ0n) is 11.7. The van der Waals surface area contributed by atoms with Gasteiger partial charge < -0.3 is 9.84 Å². The first kappa shape index (κ1) is 14.0. The van der Waals surface area contributed by atoms with Crippen molar-refractivity contribution < 1.29 is 9.84 Å². The van der Waals surface area contributed by atoms with E-state index in [-0.39, 0.29) is 5.92 Å². The minimum atomic E-state index is -0.468. The molecule has 0 amide bonds. The summed E-state index contributed by atoms with van der Waals surface area (Å²) in [5, 5.41) is 10.4. The van der Waals surface area contributed by atoms with Gasteiger partial charge in [0.25, 0.3) is 0 Å². The number of hydrogen-bond acceptors (Lipinski definition) is 2. The van der Waals surface area contributed by atoms with Gasteiger partial charge in [-0.2, -0.15) is 0 Å². The maximum absolute atomic E-state index is 10.4. The first-order chi connectivity index (χ1) is 7.90. The van der Waals surface area contributed by atoms with Crippen molar-refractivity contribution in [2.75, 3.05) is 7.11 Å². The maximum atomic E-state index is 10.4. The standard InChI is InChI=1S/C15H24O2/c1-9(2)11(4)14(16)13-8-7-10(3)12(5)15(13)17-6/h7-9,11,14,16H,1-6H3. The van der Waals surface area contributed by atoms with E-state index in [1.54, 1.807) is 7.11 Å². The van der Waals surface area contributed by atoms with Crippen LogP contribution in [0.1, 0.15) is 43.6 Å². The van der Waals surface area contributed by atoms with Crippen LogP contribution in [0.25, 0.3) is 0 Å². The number of aliphatic hydroxyl groups excluding tert-OH is 1. The molecule has 2 heteroatoms. The summed E-state index contributed by atoms with van der Waals surface area (Å²) in [6.45, 7) is 10.4. The van der Waals surface area contributed by atoms with Crippen molar-refractivity contribution in [3.05, 3.63) is 28.8 Å². The van der Waals surface area contributed by atoms with E-state index in [1.165, 1.54) is 5.56 Å². The van der Waals surface area contributed by atoms with Crippen LogP contribution in [-0.4, -0.2) is 12.2 Å². The van der Waals surface area contributed by atoms with Gasteiger partial charge in [0.05, 0.1) is 13.2 Å². The summed E-state index contributed by atoms with van der Waals surface area (Å²) in [5.74, 6) is 1.48. The fourth-order valence-electron chi connectivity index (χ4n) is 1.96. The molecule has 96 valence electrons. The zero-order chi connectivity index (χ0) is 13.2. The van der Waals surface area contributed by atoms with Gasteiger partial charge in [-0.25, -0.2) is 0 Å². The van der Waals surface area contributed by atoms with Gasteiger partial charge in [-0.15, -0.1) is 0 Å². The van der Waals surface area contributed by atoms with Gasteiger partial charge in [0.15, 0.2) is 0 Å². The molecule has 2 nitrogen and oxygen atoms in total. The van der Waals surface area contributed by atoms with Crippen LogP contribution >= 0.6 is 0 Å². The van der Waals surface area contributed by atoms with E-state index < -0.39 is 6.10 Å². The Morgan fingerprint density at radius 3 is 2.18 bits per heavy atom. The van der Waals surface area contributed by atoms with Crippen molar-refractivity contribution in [2.45, 2.75) is 40.7 Å². The SMILES string of the molecule is COc1c(C(O)C(C)C(C)C)ccc(C)c1C. The lowest BCUT2D eigenvalue weighted by Crippen LogP contribution is -2.16. The summed E-state index contributed by atoms with van der Waals surface area (Å²) < 4.78 is 5.45. The Bertz CT molecular complexity index is 383. The minimum absolute atomic E-state index is 0.214. The quantitative estimate of drug-likeness (QED) is 0.865. The van der Waals surface area contributed by atoms with Gasteiger partial charge in [0, 0.05) is 5.56 Å². The van der Waals surface area contributed by atoms with Crippen LogP contribution in [0.3, 0.4) is 0 Å². The van der Waals surface area contributed by atoms with E-state index in [2.05, 4.69) is 27.7 Å². The van der Waals surface area contributed by atoms with E-state index in [4.69, 9.17) is 4.74 Å². The molecular formula is C15H24O2. The number of hydrogen-bond donors (Lipinski definition) is 1. The number of aliphatic hydroxyl groups is 1. The topological polar surface area (TPSA) is 29.5 Å². The molecule has 0 aromatic heterocycles. The lowest BCUT2D eigenvalue weighted by Gasteiger charge is -2.25. The Labute approximate surface area is 105 Å². The number of benzene rings is 1. The van der Waals surface area contributed by atoms with Gasteiger partial charge in [0.2, 0.25) is 0 Å². The van der Waals surface area contributed by atoms with Crippen molar-refractivity contribution in [3.8, 4) is 5.75 Å². The Morgan fingerprint density at radius 1 is 1.12 bits per heavy atom. The van der Waals surface area contributed by atoms with Gasteiger partial charge in [0.1, 0.15) is 5.75 Å². The van der Waals surface area contributed by atoms with Crippen LogP contribution in [0.5, 0.6) is 5.75 Å². The normalized spacial score (nSPS) is 14.8. The molecule has 0 heterocycles. The molecule has 0 saturated heterocycles. The Balaban J connectivity index is 3.18. The molecule has 0 saturated carbocycles. The van der Waals surface area contributed by atoms with Crippen molar-refractivity contribution in [1.82, 2.24) is 0 Å². The molecule has 1 rings (SSSR count). The molecule has 0 radical (unpaired) electrons. The predicted molar refractivity (Wildman–Crippen MR) is 71.4 cm³/mol. The molecular weight excluding hydrogens is 212 g/mol. The van der Waals surface area contributed by atoms with E-state index in [0.29, 0.717) is 5.92 Å². The van der Waals surface area contributed by atoms with Gasteiger partial charge in [-0.05, 0) is 36.8 Å². The zero-order valence-corrected chi connectivity index (χ0v) is 11.7. The first-order valence-electron chi connectivity index (χ1n) is 6.22. The van der Waals surface area contributed by atoms with E-state index in [9.17, 15) is 5.11 Å². The smallest absolute Gasteiger partial charge is 0.127 e. The number of methoxy groups -OCH3 is 1. The molecule has 2 unspecified atom stereocenters. The molecule has 0 spiro atoms. The summed E-state index contributed by atoms with van der Waals surface area (Å²) in [5.41, 5.74) is 3.20. The fraction of sp³-hybridized carbons (Fsp3) is 0.600. The van der Waals surface area contributed by atoms with Crippen molar-refractivity contribution in [2.24, 2.45) is 11.8 Å². The fourth-order valence-corrected chi connectivity index (χ4v) is 1.96. The molecule has 0 aliphatic carbocycles. The Kier molecular flexibility index (Phi) is 4.58. The molecule has 17 heavy (non-hydrogen) atoms. The van der Waals surface area contributed by atoms with Crippen LogP contribution in [0.4, 0.5) is 0 Å². The largest absolute Gasteiger partial charge is 0.496 e. The van der Waals surface area contributed by atoms with Gasteiger partial charge in [-0.3, -0.25) is 0 Å². The van der Waals surface area contributed by atoms with Crippen molar-refractivity contribution >= 4 is 0 Å². The van der Waals surface area contributed by atoms with Crippen LogP contribution in [0, 0.1) is 25.7 Å².